The van der Waals surface area contributed by atoms with Crippen molar-refractivity contribution in [3.8, 4) is 22.9 Å². The number of pyridine rings is 1. The molecule has 4 heteroatoms. The largest absolute Gasteiger partial charge is 0.508 e. The third kappa shape index (κ3) is 2.75. The van der Waals surface area contributed by atoms with Crippen LogP contribution in [0.2, 0.25) is 0 Å². The quantitative estimate of drug-likeness (QED) is 0.887. The van der Waals surface area contributed by atoms with Crippen molar-refractivity contribution in [2.45, 2.75) is 38.0 Å². The molecule has 0 amide bonds. The molecular formula is C18H18N2O2. The molecule has 3 rings (SSSR count). The topological polar surface area (TPSA) is 76.9 Å². The van der Waals surface area contributed by atoms with Gasteiger partial charge in [0.2, 0.25) is 0 Å². The SMILES string of the molecule is N#Cc1c(-c2cccc(O)c2)cc(C2CCCCC2)[nH]c1=O. The average Bonchev–Trinajstić information content (AvgIpc) is 2.55. The standard InChI is InChI=1S/C18H18N2O2/c19-11-16-15(13-7-4-8-14(21)9-13)10-17(20-18(16)22)12-5-2-1-3-6-12/h4,7-10,12,21H,1-3,5-6H2,(H,20,22). The summed E-state index contributed by atoms with van der Waals surface area (Å²) in [5, 5.41) is 19.0. The van der Waals surface area contributed by atoms with E-state index in [1.807, 2.05) is 12.1 Å². The first-order chi connectivity index (χ1) is 10.7. The molecule has 0 atom stereocenters. The fourth-order valence-electron chi connectivity index (χ4n) is 3.23. The molecule has 2 aromatic rings. The first kappa shape index (κ1) is 14.4. The molecule has 4 nitrogen and oxygen atoms in total. The molecule has 1 aromatic carbocycles. The van der Waals surface area contributed by atoms with Gasteiger partial charge in [0, 0.05) is 11.3 Å². The average molecular weight is 294 g/mol. The first-order valence-corrected chi connectivity index (χ1v) is 7.66. The second-order valence-electron chi connectivity index (χ2n) is 5.84. The van der Waals surface area contributed by atoms with Crippen LogP contribution in [0.1, 0.15) is 49.3 Å². The lowest BCUT2D eigenvalue weighted by atomic mass is 9.85. The minimum Gasteiger partial charge on any atom is -0.508 e. The van der Waals surface area contributed by atoms with Crippen LogP contribution in [-0.4, -0.2) is 10.1 Å². The maximum absolute atomic E-state index is 12.3. The Morgan fingerprint density at radius 1 is 1.18 bits per heavy atom. The summed E-state index contributed by atoms with van der Waals surface area (Å²) >= 11 is 0. The highest BCUT2D eigenvalue weighted by Crippen LogP contribution is 2.33. The van der Waals surface area contributed by atoms with Gasteiger partial charge in [0.15, 0.2) is 0 Å². The summed E-state index contributed by atoms with van der Waals surface area (Å²) in [4.78, 5) is 15.1. The normalized spacial score (nSPS) is 15.4. The van der Waals surface area contributed by atoms with Crippen LogP contribution >= 0.6 is 0 Å². The van der Waals surface area contributed by atoms with Crippen LogP contribution in [-0.2, 0) is 0 Å². The van der Waals surface area contributed by atoms with Gasteiger partial charge in [0.1, 0.15) is 17.4 Å². The Labute approximate surface area is 129 Å². The zero-order valence-electron chi connectivity index (χ0n) is 12.3. The van der Waals surface area contributed by atoms with E-state index in [0.29, 0.717) is 17.0 Å². The molecule has 22 heavy (non-hydrogen) atoms. The Kier molecular flexibility index (Phi) is 3.97. The Hall–Kier alpha value is -2.54. The van der Waals surface area contributed by atoms with Gasteiger partial charge in [0.05, 0.1) is 0 Å². The number of nitrogens with zero attached hydrogens (tertiary/aromatic N) is 1. The fourth-order valence-corrected chi connectivity index (χ4v) is 3.23. The number of nitrogens with one attached hydrogen (secondary N) is 1. The number of hydrogen-bond acceptors (Lipinski definition) is 3. The fraction of sp³-hybridized carbons (Fsp3) is 0.333. The van der Waals surface area contributed by atoms with E-state index < -0.39 is 0 Å². The zero-order chi connectivity index (χ0) is 15.5. The number of phenolic OH excluding ortho intramolecular Hbond substituents is 1. The van der Waals surface area contributed by atoms with Crippen molar-refractivity contribution in [2.24, 2.45) is 0 Å². The number of benzene rings is 1. The van der Waals surface area contributed by atoms with Crippen molar-refractivity contribution in [3.05, 3.63) is 51.9 Å². The lowest BCUT2D eigenvalue weighted by molar-refractivity contribution is 0.436. The Bertz CT molecular complexity index is 780. The molecular weight excluding hydrogens is 276 g/mol. The minimum atomic E-state index is -0.344. The predicted molar refractivity (Wildman–Crippen MR) is 84.7 cm³/mol. The Balaban J connectivity index is 2.13. The summed E-state index contributed by atoms with van der Waals surface area (Å²) in [5.41, 5.74) is 1.96. The number of nitriles is 1. The number of rotatable bonds is 2. The molecule has 0 unspecified atom stereocenters. The number of phenols is 1. The lowest BCUT2D eigenvalue weighted by Gasteiger charge is -2.22. The molecule has 0 radical (unpaired) electrons. The second kappa shape index (κ2) is 6.07. The van der Waals surface area contributed by atoms with Crippen LogP contribution < -0.4 is 5.56 Å². The molecule has 1 aliphatic rings. The second-order valence-corrected chi connectivity index (χ2v) is 5.84. The summed E-state index contributed by atoms with van der Waals surface area (Å²) in [5.74, 6) is 0.478. The van der Waals surface area contributed by atoms with E-state index in [9.17, 15) is 15.2 Å². The number of hydrogen-bond donors (Lipinski definition) is 2. The lowest BCUT2D eigenvalue weighted by Crippen LogP contribution is -2.17. The molecule has 0 spiro atoms. The number of aromatic hydroxyl groups is 1. The van der Waals surface area contributed by atoms with Crippen molar-refractivity contribution < 1.29 is 5.11 Å². The maximum atomic E-state index is 12.3. The Morgan fingerprint density at radius 2 is 1.95 bits per heavy atom. The molecule has 1 heterocycles. The van der Waals surface area contributed by atoms with Gasteiger partial charge in [-0.15, -0.1) is 0 Å². The minimum absolute atomic E-state index is 0.102. The van der Waals surface area contributed by atoms with E-state index in [1.165, 1.54) is 19.3 Å². The highest BCUT2D eigenvalue weighted by Gasteiger charge is 2.19. The van der Waals surface area contributed by atoms with Crippen LogP contribution in [0.5, 0.6) is 5.75 Å². The van der Waals surface area contributed by atoms with Crippen LogP contribution in [0.4, 0.5) is 0 Å². The number of aromatic nitrogens is 1. The van der Waals surface area contributed by atoms with Gasteiger partial charge in [-0.25, -0.2) is 0 Å². The van der Waals surface area contributed by atoms with E-state index in [0.717, 1.165) is 18.5 Å². The molecule has 1 fully saturated rings. The van der Waals surface area contributed by atoms with Gasteiger partial charge in [-0.2, -0.15) is 5.26 Å². The van der Waals surface area contributed by atoms with E-state index in [-0.39, 0.29) is 16.9 Å². The molecule has 2 N–H and O–H groups in total. The smallest absolute Gasteiger partial charge is 0.266 e. The van der Waals surface area contributed by atoms with Crippen molar-refractivity contribution in [1.82, 2.24) is 4.98 Å². The molecule has 112 valence electrons. The van der Waals surface area contributed by atoms with Crippen molar-refractivity contribution in [3.63, 3.8) is 0 Å². The third-order valence-electron chi connectivity index (χ3n) is 4.37. The predicted octanol–water partition coefficient (Wildman–Crippen LogP) is 3.67. The molecule has 0 bridgehead atoms. The van der Waals surface area contributed by atoms with Crippen molar-refractivity contribution in [2.75, 3.05) is 0 Å². The van der Waals surface area contributed by atoms with Gasteiger partial charge in [-0.3, -0.25) is 4.79 Å². The summed E-state index contributed by atoms with van der Waals surface area (Å²) in [7, 11) is 0. The van der Waals surface area contributed by atoms with E-state index >= 15 is 0 Å². The number of aromatic amines is 1. The summed E-state index contributed by atoms with van der Waals surface area (Å²) in [6.45, 7) is 0. The number of H-pyrrole nitrogens is 1. The van der Waals surface area contributed by atoms with Crippen molar-refractivity contribution >= 4 is 0 Å². The van der Waals surface area contributed by atoms with Gasteiger partial charge < -0.3 is 10.1 Å². The highest BCUT2D eigenvalue weighted by molar-refractivity contribution is 5.71. The third-order valence-corrected chi connectivity index (χ3v) is 4.37. The van der Waals surface area contributed by atoms with Gasteiger partial charge in [-0.05, 0) is 42.5 Å². The summed E-state index contributed by atoms with van der Waals surface area (Å²) in [6.07, 6.45) is 5.74. The van der Waals surface area contributed by atoms with Gasteiger partial charge in [0.25, 0.3) is 5.56 Å². The highest BCUT2D eigenvalue weighted by atomic mass is 16.3. The van der Waals surface area contributed by atoms with Crippen molar-refractivity contribution in [1.29, 1.82) is 5.26 Å². The molecule has 1 saturated carbocycles. The monoisotopic (exact) mass is 294 g/mol. The van der Waals surface area contributed by atoms with Crippen LogP contribution in [0.15, 0.2) is 35.1 Å². The van der Waals surface area contributed by atoms with Gasteiger partial charge in [-0.1, -0.05) is 31.4 Å². The van der Waals surface area contributed by atoms with E-state index in [2.05, 4.69) is 4.98 Å². The first-order valence-electron chi connectivity index (χ1n) is 7.66. The Morgan fingerprint density at radius 3 is 2.64 bits per heavy atom. The summed E-state index contributed by atoms with van der Waals surface area (Å²) in [6, 6.07) is 10.6. The molecule has 1 aliphatic carbocycles. The van der Waals surface area contributed by atoms with Crippen LogP contribution in [0.3, 0.4) is 0 Å². The van der Waals surface area contributed by atoms with E-state index in [4.69, 9.17) is 0 Å². The summed E-state index contributed by atoms with van der Waals surface area (Å²) < 4.78 is 0. The molecule has 0 aliphatic heterocycles. The zero-order valence-corrected chi connectivity index (χ0v) is 12.3. The van der Waals surface area contributed by atoms with Crippen LogP contribution in [0, 0.1) is 11.3 Å². The maximum Gasteiger partial charge on any atom is 0.266 e. The molecule has 0 saturated heterocycles. The van der Waals surface area contributed by atoms with E-state index in [1.54, 1.807) is 24.3 Å². The molecule has 1 aromatic heterocycles. The van der Waals surface area contributed by atoms with Gasteiger partial charge >= 0.3 is 0 Å². The van der Waals surface area contributed by atoms with Crippen LogP contribution in [0.25, 0.3) is 11.1 Å².